The number of rotatable bonds is 5. The van der Waals surface area contributed by atoms with Gasteiger partial charge < -0.3 is 16.0 Å². The second-order valence-electron chi connectivity index (χ2n) is 5.94. The number of para-hydroxylation sites is 1. The highest BCUT2D eigenvalue weighted by Crippen LogP contribution is 2.23. The molecule has 2 aromatic rings. The van der Waals surface area contributed by atoms with Crippen molar-refractivity contribution in [3.05, 3.63) is 54.1 Å². The molecule has 3 rings (SSSR count). The number of aryl methyl sites for hydroxylation is 1. The molecule has 1 saturated heterocycles. The van der Waals surface area contributed by atoms with Crippen molar-refractivity contribution < 1.29 is 9.59 Å². The van der Waals surface area contributed by atoms with E-state index in [0.29, 0.717) is 24.9 Å². The van der Waals surface area contributed by atoms with Crippen LogP contribution in [0.5, 0.6) is 0 Å². The van der Waals surface area contributed by atoms with Gasteiger partial charge in [-0.05, 0) is 48.7 Å². The van der Waals surface area contributed by atoms with Crippen LogP contribution in [0, 0.1) is 0 Å². The van der Waals surface area contributed by atoms with Crippen LogP contribution in [-0.2, 0) is 16.0 Å². The number of benzene rings is 2. The molecule has 0 unspecified atom stereocenters. The number of nitrogens with two attached hydrogens (primary N) is 1. The highest BCUT2D eigenvalue weighted by atomic mass is 35.5. The molecule has 2 amide bonds. The van der Waals surface area contributed by atoms with Crippen molar-refractivity contribution in [2.24, 2.45) is 0 Å². The molecule has 0 saturated carbocycles. The lowest BCUT2D eigenvalue weighted by molar-refractivity contribution is -0.117. The van der Waals surface area contributed by atoms with Crippen LogP contribution in [0.1, 0.15) is 24.8 Å². The Bertz CT molecular complexity index is 747. The highest BCUT2D eigenvalue weighted by molar-refractivity contribution is 5.96. The lowest BCUT2D eigenvalue weighted by Crippen LogP contribution is -2.23. The summed E-state index contributed by atoms with van der Waals surface area (Å²) in [5.74, 6) is 0.107. The van der Waals surface area contributed by atoms with Crippen LogP contribution in [0.4, 0.5) is 17.1 Å². The van der Waals surface area contributed by atoms with E-state index in [1.807, 2.05) is 48.5 Å². The van der Waals surface area contributed by atoms with Crippen LogP contribution in [0.2, 0.25) is 0 Å². The van der Waals surface area contributed by atoms with Gasteiger partial charge in [0.2, 0.25) is 11.8 Å². The average molecular weight is 360 g/mol. The van der Waals surface area contributed by atoms with Crippen LogP contribution in [0.3, 0.4) is 0 Å². The SMILES string of the molecule is Cl.Nc1ccccc1CCC(=O)Nc1ccc(N2CCCC2=O)cc1. The number of halogens is 1. The Morgan fingerprint density at radius 1 is 1.12 bits per heavy atom. The maximum atomic E-state index is 12.1. The second kappa shape index (κ2) is 8.53. The largest absolute Gasteiger partial charge is 0.399 e. The number of nitrogens with zero attached hydrogens (tertiary/aromatic N) is 1. The summed E-state index contributed by atoms with van der Waals surface area (Å²) in [6.07, 6.45) is 2.50. The first kappa shape index (κ1) is 18.8. The van der Waals surface area contributed by atoms with Gasteiger partial charge in [-0.3, -0.25) is 9.59 Å². The smallest absolute Gasteiger partial charge is 0.227 e. The molecule has 0 atom stereocenters. The molecule has 0 spiro atoms. The third kappa shape index (κ3) is 4.73. The molecule has 3 N–H and O–H groups in total. The van der Waals surface area contributed by atoms with Gasteiger partial charge in [-0.1, -0.05) is 18.2 Å². The zero-order valence-corrected chi connectivity index (χ0v) is 14.7. The summed E-state index contributed by atoms with van der Waals surface area (Å²) in [7, 11) is 0. The number of amides is 2. The third-order valence-electron chi connectivity index (χ3n) is 4.21. The van der Waals surface area contributed by atoms with Crippen molar-refractivity contribution in [2.45, 2.75) is 25.7 Å². The summed E-state index contributed by atoms with van der Waals surface area (Å²) >= 11 is 0. The van der Waals surface area contributed by atoms with Gasteiger partial charge in [0.05, 0.1) is 0 Å². The maximum Gasteiger partial charge on any atom is 0.227 e. The van der Waals surface area contributed by atoms with Crippen LogP contribution in [0.15, 0.2) is 48.5 Å². The quantitative estimate of drug-likeness (QED) is 0.803. The number of anilines is 3. The Morgan fingerprint density at radius 2 is 1.84 bits per heavy atom. The summed E-state index contributed by atoms with van der Waals surface area (Å²) < 4.78 is 0. The molecule has 5 nitrogen and oxygen atoms in total. The molecule has 0 bridgehead atoms. The Hall–Kier alpha value is -2.53. The minimum absolute atomic E-state index is 0. The summed E-state index contributed by atoms with van der Waals surface area (Å²) in [5, 5.41) is 2.88. The van der Waals surface area contributed by atoms with Gasteiger partial charge in [0.25, 0.3) is 0 Å². The fraction of sp³-hybridized carbons (Fsp3) is 0.263. The molecular weight excluding hydrogens is 338 g/mol. The lowest BCUT2D eigenvalue weighted by atomic mass is 10.1. The van der Waals surface area contributed by atoms with E-state index in [2.05, 4.69) is 5.32 Å². The molecule has 6 heteroatoms. The van der Waals surface area contributed by atoms with Crippen LogP contribution in [-0.4, -0.2) is 18.4 Å². The zero-order chi connectivity index (χ0) is 16.9. The van der Waals surface area contributed by atoms with Crippen molar-refractivity contribution in [1.82, 2.24) is 0 Å². The number of nitrogen functional groups attached to an aromatic ring is 1. The maximum absolute atomic E-state index is 12.1. The first-order valence-corrected chi connectivity index (χ1v) is 8.17. The predicted octanol–water partition coefficient (Wildman–Crippen LogP) is 3.39. The van der Waals surface area contributed by atoms with E-state index in [1.165, 1.54) is 0 Å². The molecule has 0 aromatic heterocycles. The van der Waals surface area contributed by atoms with E-state index in [9.17, 15) is 9.59 Å². The Kier molecular flexibility index (Phi) is 6.42. The molecule has 25 heavy (non-hydrogen) atoms. The molecule has 1 aliphatic heterocycles. The van der Waals surface area contributed by atoms with Gasteiger partial charge in [0.1, 0.15) is 0 Å². The van der Waals surface area contributed by atoms with Gasteiger partial charge in [0.15, 0.2) is 0 Å². The van der Waals surface area contributed by atoms with Crippen LogP contribution in [0.25, 0.3) is 0 Å². The lowest BCUT2D eigenvalue weighted by Gasteiger charge is -2.16. The molecule has 0 aliphatic carbocycles. The topological polar surface area (TPSA) is 75.4 Å². The standard InChI is InChI=1S/C19H21N3O2.ClH/c20-17-5-2-1-4-14(17)7-12-18(23)21-15-8-10-16(11-9-15)22-13-3-6-19(22)24;/h1-2,4-5,8-11H,3,6-7,12-13,20H2,(H,21,23);1H. The number of carbonyl (C=O) groups excluding carboxylic acids is 2. The Morgan fingerprint density at radius 3 is 2.48 bits per heavy atom. The van der Waals surface area contributed by atoms with E-state index in [0.717, 1.165) is 29.9 Å². The van der Waals surface area contributed by atoms with Gasteiger partial charge >= 0.3 is 0 Å². The van der Waals surface area contributed by atoms with Crippen molar-refractivity contribution >= 4 is 41.3 Å². The normalized spacial score (nSPS) is 13.4. The number of nitrogens with one attached hydrogen (secondary N) is 1. The summed E-state index contributed by atoms with van der Waals surface area (Å²) in [4.78, 5) is 25.6. The van der Waals surface area contributed by atoms with Crippen molar-refractivity contribution in [1.29, 1.82) is 0 Å². The molecule has 1 heterocycles. The molecule has 0 radical (unpaired) electrons. The third-order valence-corrected chi connectivity index (χ3v) is 4.21. The van der Waals surface area contributed by atoms with Crippen LogP contribution >= 0.6 is 12.4 Å². The molecule has 132 valence electrons. The van der Waals surface area contributed by atoms with E-state index >= 15 is 0 Å². The zero-order valence-electron chi connectivity index (χ0n) is 13.9. The van der Waals surface area contributed by atoms with E-state index in [1.54, 1.807) is 4.90 Å². The summed E-state index contributed by atoms with van der Waals surface area (Å²) in [6.45, 7) is 0.767. The minimum Gasteiger partial charge on any atom is -0.399 e. The summed E-state index contributed by atoms with van der Waals surface area (Å²) in [6, 6.07) is 15.0. The molecule has 1 aliphatic rings. The Balaban J connectivity index is 0.00000225. The van der Waals surface area contributed by atoms with Crippen molar-refractivity contribution in [3.63, 3.8) is 0 Å². The monoisotopic (exact) mass is 359 g/mol. The summed E-state index contributed by atoms with van der Waals surface area (Å²) in [5.41, 5.74) is 9.19. The van der Waals surface area contributed by atoms with E-state index in [4.69, 9.17) is 5.73 Å². The van der Waals surface area contributed by atoms with E-state index in [-0.39, 0.29) is 24.2 Å². The number of carbonyl (C=O) groups is 2. The van der Waals surface area contributed by atoms with Gasteiger partial charge in [-0.15, -0.1) is 12.4 Å². The molecule has 2 aromatic carbocycles. The van der Waals surface area contributed by atoms with Gasteiger partial charge in [-0.2, -0.15) is 0 Å². The molecular formula is C19H22ClN3O2. The highest BCUT2D eigenvalue weighted by Gasteiger charge is 2.21. The minimum atomic E-state index is -0.0525. The number of hydrogen-bond acceptors (Lipinski definition) is 3. The first-order chi connectivity index (χ1) is 11.6. The fourth-order valence-corrected chi connectivity index (χ4v) is 2.88. The fourth-order valence-electron chi connectivity index (χ4n) is 2.88. The van der Waals surface area contributed by atoms with Crippen LogP contribution < -0.4 is 16.0 Å². The second-order valence-corrected chi connectivity index (χ2v) is 5.94. The van der Waals surface area contributed by atoms with Gasteiger partial charge in [0, 0.05) is 36.4 Å². The first-order valence-electron chi connectivity index (χ1n) is 8.17. The predicted molar refractivity (Wildman–Crippen MR) is 103 cm³/mol. The van der Waals surface area contributed by atoms with Crippen molar-refractivity contribution in [3.8, 4) is 0 Å². The number of hydrogen-bond donors (Lipinski definition) is 2. The molecule has 1 fully saturated rings. The van der Waals surface area contributed by atoms with Crippen molar-refractivity contribution in [2.75, 3.05) is 22.5 Å². The van der Waals surface area contributed by atoms with Gasteiger partial charge in [-0.25, -0.2) is 0 Å². The van der Waals surface area contributed by atoms with E-state index < -0.39 is 0 Å². The Labute approximate surface area is 153 Å². The average Bonchev–Trinajstić information content (AvgIpc) is 3.01.